The van der Waals surface area contributed by atoms with Crippen LogP contribution in [0, 0.1) is 6.92 Å². The van der Waals surface area contributed by atoms with Crippen molar-refractivity contribution in [3.8, 4) is 0 Å². The van der Waals surface area contributed by atoms with Gasteiger partial charge in [-0.05, 0) is 35.4 Å². The number of fused-ring (bicyclic) bond motifs is 1. The minimum absolute atomic E-state index is 0.0331. The molecular weight excluding hydrogens is 276 g/mol. The smallest absolute Gasteiger partial charge is 0.203 e. The molecular formula is C16H11ClOS. The molecule has 19 heavy (non-hydrogen) atoms. The Kier molecular flexibility index (Phi) is 3.13. The highest BCUT2D eigenvalue weighted by molar-refractivity contribution is 7.18. The van der Waals surface area contributed by atoms with E-state index in [1.54, 1.807) is 0 Å². The van der Waals surface area contributed by atoms with Gasteiger partial charge in [0.25, 0.3) is 0 Å². The van der Waals surface area contributed by atoms with Crippen LogP contribution < -0.4 is 0 Å². The first-order valence-corrected chi connectivity index (χ1v) is 7.14. The van der Waals surface area contributed by atoms with Crippen molar-refractivity contribution in [3.63, 3.8) is 0 Å². The number of benzene rings is 2. The Morgan fingerprint density at radius 2 is 1.79 bits per heavy atom. The van der Waals surface area contributed by atoms with E-state index in [0.29, 0.717) is 14.8 Å². The summed E-state index contributed by atoms with van der Waals surface area (Å²) in [6.45, 7) is 1.91. The molecule has 0 aliphatic heterocycles. The van der Waals surface area contributed by atoms with E-state index >= 15 is 0 Å². The number of halogens is 1. The second kappa shape index (κ2) is 4.80. The highest BCUT2D eigenvalue weighted by Crippen LogP contribution is 2.29. The third-order valence-corrected chi connectivity index (χ3v) is 4.65. The van der Waals surface area contributed by atoms with Gasteiger partial charge in [-0.1, -0.05) is 48.0 Å². The number of carbonyl (C=O) groups excluding carboxylic acids is 1. The van der Waals surface area contributed by atoms with Crippen molar-refractivity contribution in [1.82, 2.24) is 0 Å². The quantitative estimate of drug-likeness (QED) is 0.599. The minimum Gasteiger partial charge on any atom is -0.288 e. The van der Waals surface area contributed by atoms with Crippen molar-refractivity contribution < 1.29 is 4.79 Å². The Morgan fingerprint density at radius 1 is 1.05 bits per heavy atom. The first-order chi connectivity index (χ1) is 9.15. The summed E-state index contributed by atoms with van der Waals surface area (Å²) in [7, 11) is 0. The molecule has 2 aromatic carbocycles. The van der Waals surface area contributed by atoms with Crippen LogP contribution >= 0.6 is 22.9 Å². The van der Waals surface area contributed by atoms with E-state index in [4.69, 9.17) is 11.6 Å². The molecule has 3 rings (SSSR count). The Hall–Kier alpha value is -1.64. The van der Waals surface area contributed by atoms with Crippen LogP contribution in [0.2, 0.25) is 4.34 Å². The molecule has 0 aliphatic rings. The molecule has 0 saturated carbocycles. The lowest BCUT2D eigenvalue weighted by atomic mass is 10.0. The molecule has 0 amide bonds. The maximum Gasteiger partial charge on any atom is 0.203 e. The van der Waals surface area contributed by atoms with Gasteiger partial charge in [-0.25, -0.2) is 0 Å². The zero-order chi connectivity index (χ0) is 13.4. The van der Waals surface area contributed by atoms with E-state index in [-0.39, 0.29) is 5.78 Å². The number of ketones is 1. The molecule has 1 aromatic heterocycles. The molecule has 1 heterocycles. The summed E-state index contributed by atoms with van der Waals surface area (Å²) >= 11 is 7.36. The van der Waals surface area contributed by atoms with Gasteiger partial charge < -0.3 is 0 Å². The summed E-state index contributed by atoms with van der Waals surface area (Å²) in [4.78, 5) is 13.1. The average molecular weight is 287 g/mol. The van der Waals surface area contributed by atoms with Crippen LogP contribution in [0.1, 0.15) is 20.8 Å². The standard InChI is InChI=1S/C16H11ClOS/c1-10-8-14(19-16(10)17)15(18)13-7-6-11-4-2-3-5-12(11)9-13/h2-9H,1H3. The summed E-state index contributed by atoms with van der Waals surface area (Å²) in [5.41, 5.74) is 1.66. The molecule has 0 atom stereocenters. The van der Waals surface area contributed by atoms with Gasteiger partial charge in [-0.3, -0.25) is 4.79 Å². The van der Waals surface area contributed by atoms with E-state index in [9.17, 15) is 4.79 Å². The molecule has 3 aromatic rings. The van der Waals surface area contributed by atoms with Crippen LogP contribution in [0.5, 0.6) is 0 Å². The van der Waals surface area contributed by atoms with Crippen LogP contribution in [0.15, 0.2) is 48.5 Å². The van der Waals surface area contributed by atoms with E-state index in [1.807, 2.05) is 55.5 Å². The first-order valence-electron chi connectivity index (χ1n) is 5.94. The van der Waals surface area contributed by atoms with Crippen molar-refractivity contribution in [3.05, 3.63) is 68.9 Å². The van der Waals surface area contributed by atoms with E-state index in [1.165, 1.54) is 11.3 Å². The molecule has 1 nitrogen and oxygen atoms in total. The fraction of sp³-hybridized carbons (Fsp3) is 0.0625. The Balaban J connectivity index is 2.06. The fourth-order valence-corrected chi connectivity index (χ4v) is 3.21. The minimum atomic E-state index is 0.0331. The van der Waals surface area contributed by atoms with Crippen LogP contribution in [-0.4, -0.2) is 5.78 Å². The number of aryl methyl sites for hydroxylation is 1. The van der Waals surface area contributed by atoms with Crippen molar-refractivity contribution >= 4 is 39.5 Å². The molecule has 0 bridgehead atoms. The Labute approximate surface area is 120 Å². The Morgan fingerprint density at radius 3 is 2.47 bits per heavy atom. The molecule has 3 heteroatoms. The zero-order valence-electron chi connectivity index (χ0n) is 10.3. The SMILES string of the molecule is Cc1cc(C(=O)c2ccc3ccccc3c2)sc1Cl. The van der Waals surface area contributed by atoms with Crippen molar-refractivity contribution in [2.75, 3.05) is 0 Å². The fourth-order valence-electron chi connectivity index (χ4n) is 2.04. The molecule has 0 spiro atoms. The second-order valence-electron chi connectivity index (χ2n) is 4.46. The van der Waals surface area contributed by atoms with Gasteiger partial charge >= 0.3 is 0 Å². The van der Waals surface area contributed by atoms with Crippen molar-refractivity contribution in [2.45, 2.75) is 6.92 Å². The lowest BCUT2D eigenvalue weighted by Crippen LogP contribution is -1.98. The maximum absolute atomic E-state index is 12.4. The van der Waals surface area contributed by atoms with Crippen molar-refractivity contribution in [2.24, 2.45) is 0 Å². The average Bonchev–Trinajstić information content (AvgIpc) is 2.77. The second-order valence-corrected chi connectivity index (χ2v) is 6.11. The highest BCUT2D eigenvalue weighted by Gasteiger charge is 2.13. The van der Waals surface area contributed by atoms with Crippen LogP contribution in [0.3, 0.4) is 0 Å². The largest absolute Gasteiger partial charge is 0.288 e. The number of rotatable bonds is 2. The predicted octanol–water partition coefficient (Wildman–Crippen LogP) is 5.09. The monoisotopic (exact) mass is 286 g/mol. The van der Waals surface area contributed by atoms with E-state index in [2.05, 4.69) is 0 Å². The highest BCUT2D eigenvalue weighted by atomic mass is 35.5. The third kappa shape index (κ3) is 2.29. The van der Waals surface area contributed by atoms with Crippen LogP contribution in [-0.2, 0) is 0 Å². The summed E-state index contributed by atoms with van der Waals surface area (Å²) in [6.07, 6.45) is 0. The summed E-state index contributed by atoms with van der Waals surface area (Å²) in [5, 5.41) is 2.21. The van der Waals surface area contributed by atoms with E-state index in [0.717, 1.165) is 16.3 Å². The normalized spacial score (nSPS) is 10.8. The van der Waals surface area contributed by atoms with Gasteiger partial charge in [0.1, 0.15) is 0 Å². The predicted molar refractivity (Wildman–Crippen MR) is 81.4 cm³/mol. The zero-order valence-corrected chi connectivity index (χ0v) is 11.9. The van der Waals surface area contributed by atoms with Crippen LogP contribution in [0.25, 0.3) is 10.8 Å². The number of carbonyl (C=O) groups is 1. The van der Waals surface area contributed by atoms with Gasteiger partial charge in [0, 0.05) is 5.56 Å². The van der Waals surface area contributed by atoms with Gasteiger partial charge in [0.05, 0.1) is 9.21 Å². The lowest BCUT2D eigenvalue weighted by molar-refractivity contribution is 0.104. The lowest BCUT2D eigenvalue weighted by Gasteiger charge is -2.01. The Bertz CT molecular complexity index is 754. The molecule has 0 N–H and O–H groups in total. The summed E-state index contributed by atoms with van der Waals surface area (Å²) in [6, 6.07) is 15.6. The molecule has 0 aliphatic carbocycles. The summed E-state index contributed by atoms with van der Waals surface area (Å²) < 4.78 is 0.684. The number of hydrogen-bond acceptors (Lipinski definition) is 2. The first kappa shape index (κ1) is 12.4. The molecule has 0 radical (unpaired) electrons. The molecule has 94 valence electrons. The third-order valence-electron chi connectivity index (χ3n) is 3.09. The maximum atomic E-state index is 12.4. The van der Waals surface area contributed by atoms with Gasteiger partial charge in [0.15, 0.2) is 0 Å². The number of hydrogen-bond donors (Lipinski definition) is 0. The van der Waals surface area contributed by atoms with Gasteiger partial charge in [-0.2, -0.15) is 0 Å². The van der Waals surface area contributed by atoms with E-state index < -0.39 is 0 Å². The summed E-state index contributed by atoms with van der Waals surface area (Å²) in [5.74, 6) is 0.0331. The van der Waals surface area contributed by atoms with Crippen molar-refractivity contribution in [1.29, 1.82) is 0 Å². The topological polar surface area (TPSA) is 17.1 Å². The molecule has 0 saturated heterocycles. The molecule has 0 fully saturated rings. The van der Waals surface area contributed by atoms with Gasteiger partial charge in [0.2, 0.25) is 5.78 Å². The number of thiophene rings is 1. The van der Waals surface area contributed by atoms with Crippen LogP contribution in [0.4, 0.5) is 0 Å². The van der Waals surface area contributed by atoms with Gasteiger partial charge in [-0.15, -0.1) is 11.3 Å². The molecule has 0 unspecified atom stereocenters.